The maximum atomic E-state index is 12.2. The Hall–Kier alpha value is -3.48. The van der Waals surface area contributed by atoms with Gasteiger partial charge in [0.25, 0.3) is 5.91 Å². The molecule has 1 amide bonds. The third-order valence-corrected chi connectivity index (χ3v) is 3.66. The smallest absolute Gasteiger partial charge is 0.287 e. The number of fused-ring (bicyclic) bond motifs is 1. The second-order valence-electron chi connectivity index (χ2n) is 5.27. The van der Waals surface area contributed by atoms with Gasteiger partial charge >= 0.3 is 0 Å². The first-order valence-electron chi connectivity index (χ1n) is 7.48. The van der Waals surface area contributed by atoms with Crippen molar-refractivity contribution in [2.45, 2.75) is 0 Å². The van der Waals surface area contributed by atoms with Gasteiger partial charge in [0, 0.05) is 17.0 Å². The summed E-state index contributed by atoms with van der Waals surface area (Å²) in [6.45, 7) is 0. The second-order valence-corrected chi connectivity index (χ2v) is 5.27. The number of carbonyl (C=O) groups is 1. The molecule has 3 rings (SSSR count). The Kier molecular flexibility index (Phi) is 4.56. The van der Waals surface area contributed by atoms with Gasteiger partial charge < -0.3 is 19.6 Å². The Bertz CT molecular complexity index is 947. The van der Waals surface area contributed by atoms with Crippen LogP contribution in [-0.2, 0) is 0 Å². The number of amides is 1. The van der Waals surface area contributed by atoms with E-state index in [9.17, 15) is 9.90 Å². The molecule has 2 aromatic carbocycles. The van der Waals surface area contributed by atoms with Gasteiger partial charge in [-0.15, -0.1) is 0 Å². The van der Waals surface area contributed by atoms with E-state index in [1.54, 1.807) is 25.3 Å². The fourth-order valence-electron chi connectivity index (χ4n) is 2.37. The van der Waals surface area contributed by atoms with Crippen LogP contribution in [0.1, 0.15) is 16.1 Å². The lowest BCUT2D eigenvalue weighted by atomic mass is 10.2. The minimum atomic E-state index is -0.371. The van der Waals surface area contributed by atoms with Gasteiger partial charge in [-0.25, -0.2) is 5.43 Å². The number of hydrogen-bond donors (Lipinski definition) is 3. The molecule has 0 saturated carbocycles. The third-order valence-electron chi connectivity index (χ3n) is 3.66. The van der Waals surface area contributed by atoms with Gasteiger partial charge in [0.15, 0.2) is 11.5 Å². The normalized spacial score (nSPS) is 11.0. The van der Waals surface area contributed by atoms with Gasteiger partial charge in [0.05, 0.1) is 20.4 Å². The van der Waals surface area contributed by atoms with E-state index in [1.165, 1.54) is 19.4 Å². The number of H-pyrrole nitrogens is 1. The number of aromatic hydroxyl groups is 1. The molecule has 0 spiro atoms. The van der Waals surface area contributed by atoms with Crippen molar-refractivity contribution in [1.82, 2.24) is 10.4 Å². The standard InChI is InChI=1S/C18H17N3O4/c1-24-13-5-4-12-8-15(20-14(12)9-13)18(23)21-19-10-11-3-6-17(25-2)16(22)7-11/h3-10,20,22H,1-2H3,(H,21,23)/b19-10-. The number of carbonyl (C=O) groups excluding carboxylic acids is 1. The number of nitrogens with zero attached hydrogens (tertiary/aromatic N) is 1. The number of rotatable bonds is 5. The molecule has 0 radical (unpaired) electrons. The molecule has 7 heteroatoms. The van der Waals surface area contributed by atoms with E-state index in [0.29, 0.717) is 22.8 Å². The highest BCUT2D eigenvalue weighted by atomic mass is 16.5. The molecule has 3 N–H and O–H groups in total. The fraction of sp³-hybridized carbons (Fsp3) is 0.111. The van der Waals surface area contributed by atoms with Crippen LogP contribution in [0.2, 0.25) is 0 Å². The zero-order valence-corrected chi connectivity index (χ0v) is 13.7. The van der Waals surface area contributed by atoms with Gasteiger partial charge in [-0.2, -0.15) is 5.10 Å². The monoisotopic (exact) mass is 339 g/mol. The third kappa shape index (κ3) is 3.55. The molecule has 0 saturated heterocycles. The number of phenols is 1. The van der Waals surface area contributed by atoms with Crippen LogP contribution >= 0.6 is 0 Å². The molecule has 3 aromatic rings. The quantitative estimate of drug-likeness (QED) is 0.492. The maximum Gasteiger partial charge on any atom is 0.287 e. The van der Waals surface area contributed by atoms with E-state index in [2.05, 4.69) is 15.5 Å². The summed E-state index contributed by atoms with van der Waals surface area (Å²) in [7, 11) is 3.06. The maximum absolute atomic E-state index is 12.2. The van der Waals surface area contributed by atoms with Crippen LogP contribution < -0.4 is 14.9 Å². The lowest BCUT2D eigenvalue weighted by Gasteiger charge is -2.03. The molecule has 25 heavy (non-hydrogen) atoms. The zero-order chi connectivity index (χ0) is 17.8. The van der Waals surface area contributed by atoms with Crippen LogP contribution in [0.4, 0.5) is 0 Å². The minimum absolute atomic E-state index is 0.00217. The Labute approximate surface area is 143 Å². The van der Waals surface area contributed by atoms with Crippen molar-refractivity contribution in [3.63, 3.8) is 0 Å². The van der Waals surface area contributed by atoms with Crippen LogP contribution in [0.3, 0.4) is 0 Å². The molecule has 0 bridgehead atoms. The second kappa shape index (κ2) is 6.96. The van der Waals surface area contributed by atoms with Gasteiger partial charge in [0.1, 0.15) is 11.4 Å². The number of benzene rings is 2. The van der Waals surface area contributed by atoms with E-state index in [4.69, 9.17) is 9.47 Å². The molecule has 0 unspecified atom stereocenters. The van der Waals surface area contributed by atoms with Gasteiger partial charge in [0.2, 0.25) is 0 Å². The summed E-state index contributed by atoms with van der Waals surface area (Å²) in [5, 5.41) is 14.5. The molecule has 0 fully saturated rings. The van der Waals surface area contributed by atoms with Crippen molar-refractivity contribution in [3.8, 4) is 17.2 Å². The molecule has 0 atom stereocenters. The molecular formula is C18H17N3O4. The predicted octanol–water partition coefficient (Wildman–Crippen LogP) is 2.65. The van der Waals surface area contributed by atoms with Crippen molar-refractivity contribution in [3.05, 3.63) is 53.7 Å². The number of methoxy groups -OCH3 is 2. The molecule has 1 heterocycles. The molecule has 7 nitrogen and oxygen atoms in total. The SMILES string of the molecule is COc1ccc2cc(C(=O)N/N=C\c3ccc(OC)c(O)c3)[nH]c2c1. The summed E-state index contributed by atoms with van der Waals surface area (Å²) in [5.41, 5.74) is 4.25. The van der Waals surface area contributed by atoms with Gasteiger partial charge in [-0.05, 0) is 42.0 Å². The first kappa shape index (κ1) is 16.4. The number of aromatic amines is 1. The van der Waals surface area contributed by atoms with Crippen LogP contribution in [0.25, 0.3) is 10.9 Å². The van der Waals surface area contributed by atoms with E-state index < -0.39 is 0 Å². The molecule has 0 aliphatic heterocycles. The first-order chi connectivity index (χ1) is 12.1. The van der Waals surface area contributed by atoms with E-state index in [1.807, 2.05) is 18.2 Å². The summed E-state index contributed by atoms with van der Waals surface area (Å²) >= 11 is 0. The van der Waals surface area contributed by atoms with Crippen molar-refractivity contribution >= 4 is 23.0 Å². The largest absolute Gasteiger partial charge is 0.504 e. The van der Waals surface area contributed by atoms with Crippen molar-refractivity contribution in [2.75, 3.05) is 14.2 Å². The average Bonchev–Trinajstić information content (AvgIpc) is 3.05. The lowest BCUT2D eigenvalue weighted by molar-refractivity contribution is 0.0951. The summed E-state index contributed by atoms with van der Waals surface area (Å²) in [6, 6.07) is 12.1. The Balaban J connectivity index is 1.70. The Morgan fingerprint density at radius 3 is 2.72 bits per heavy atom. The van der Waals surface area contributed by atoms with Gasteiger partial charge in [-0.3, -0.25) is 4.79 Å². The summed E-state index contributed by atoms with van der Waals surface area (Å²) in [4.78, 5) is 15.2. The molecule has 0 aliphatic carbocycles. The highest BCUT2D eigenvalue weighted by Gasteiger charge is 2.09. The fourth-order valence-corrected chi connectivity index (χ4v) is 2.37. The Morgan fingerprint density at radius 1 is 1.16 bits per heavy atom. The highest BCUT2D eigenvalue weighted by Crippen LogP contribution is 2.25. The number of hydrazone groups is 1. The van der Waals surface area contributed by atoms with Crippen molar-refractivity contribution < 1.29 is 19.4 Å². The van der Waals surface area contributed by atoms with E-state index >= 15 is 0 Å². The predicted molar refractivity (Wildman–Crippen MR) is 94.6 cm³/mol. The van der Waals surface area contributed by atoms with Crippen LogP contribution in [0.5, 0.6) is 17.2 Å². The van der Waals surface area contributed by atoms with Crippen molar-refractivity contribution in [1.29, 1.82) is 0 Å². The average molecular weight is 339 g/mol. The first-order valence-corrected chi connectivity index (χ1v) is 7.48. The molecular weight excluding hydrogens is 322 g/mol. The molecule has 0 aliphatic rings. The van der Waals surface area contributed by atoms with Crippen LogP contribution in [-0.4, -0.2) is 36.4 Å². The zero-order valence-electron chi connectivity index (χ0n) is 13.7. The van der Waals surface area contributed by atoms with Crippen molar-refractivity contribution in [2.24, 2.45) is 5.10 Å². The highest BCUT2D eigenvalue weighted by molar-refractivity contribution is 5.98. The van der Waals surface area contributed by atoms with Crippen LogP contribution in [0, 0.1) is 0 Å². The summed E-state index contributed by atoms with van der Waals surface area (Å²) in [5.74, 6) is 0.708. The molecule has 128 valence electrons. The molecule has 1 aromatic heterocycles. The van der Waals surface area contributed by atoms with Crippen LogP contribution in [0.15, 0.2) is 47.6 Å². The number of hydrogen-bond acceptors (Lipinski definition) is 5. The van der Waals surface area contributed by atoms with Gasteiger partial charge in [-0.1, -0.05) is 0 Å². The number of nitrogens with one attached hydrogen (secondary N) is 2. The summed E-state index contributed by atoms with van der Waals surface area (Å²) in [6.07, 6.45) is 1.43. The number of phenolic OH excluding ortho intramolecular Hbond substituents is 1. The van der Waals surface area contributed by atoms with E-state index in [-0.39, 0.29) is 11.7 Å². The summed E-state index contributed by atoms with van der Waals surface area (Å²) < 4.78 is 10.1. The minimum Gasteiger partial charge on any atom is -0.504 e. The topological polar surface area (TPSA) is 95.9 Å². The number of ether oxygens (including phenoxy) is 2. The lowest BCUT2D eigenvalue weighted by Crippen LogP contribution is -2.17. The Morgan fingerprint density at radius 2 is 2.00 bits per heavy atom. The number of aromatic nitrogens is 1. The van der Waals surface area contributed by atoms with E-state index in [0.717, 1.165) is 10.9 Å².